The van der Waals surface area contributed by atoms with Gasteiger partial charge in [0.05, 0.1) is 6.04 Å². The fraction of sp³-hybridized carbons (Fsp3) is 0.609. The number of hydrogen-bond acceptors (Lipinski definition) is 4. The molecule has 166 valence electrons. The van der Waals surface area contributed by atoms with E-state index in [1.165, 1.54) is 12.0 Å². The molecule has 1 heterocycles. The highest BCUT2D eigenvalue weighted by atomic mass is 15.3. The molecule has 2 rings (SSSR count). The van der Waals surface area contributed by atoms with Gasteiger partial charge in [-0.05, 0) is 58.8 Å². The van der Waals surface area contributed by atoms with Crippen molar-refractivity contribution < 1.29 is 0 Å². The molecule has 0 saturated carbocycles. The highest BCUT2D eigenvalue weighted by Crippen LogP contribution is 2.11. The second kappa shape index (κ2) is 12.3. The second-order valence-corrected chi connectivity index (χ2v) is 7.88. The monoisotopic (exact) mass is 413 g/mol. The van der Waals surface area contributed by atoms with Crippen molar-refractivity contribution in [2.75, 3.05) is 19.6 Å². The molecule has 0 saturated heterocycles. The second-order valence-electron chi connectivity index (χ2n) is 7.88. The molecule has 0 spiro atoms. The third-order valence-corrected chi connectivity index (χ3v) is 5.60. The van der Waals surface area contributed by atoms with Crippen LogP contribution in [-0.4, -0.2) is 51.3 Å². The van der Waals surface area contributed by atoms with Gasteiger partial charge in [-0.25, -0.2) is 4.99 Å². The largest absolute Gasteiger partial charge is 0.354 e. The summed E-state index contributed by atoms with van der Waals surface area (Å²) in [7, 11) is 1.98. The number of benzene rings is 1. The first kappa shape index (κ1) is 23.9. The first-order valence-corrected chi connectivity index (χ1v) is 11.1. The molecular formula is C23H39N7. The fourth-order valence-corrected chi connectivity index (χ4v) is 3.37. The third-order valence-electron chi connectivity index (χ3n) is 5.60. The van der Waals surface area contributed by atoms with Crippen molar-refractivity contribution in [3.63, 3.8) is 0 Å². The first-order valence-electron chi connectivity index (χ1n) is 11.1. The summed E-state index contributed by atoms with van der Waals surface area (Å²) in [6.07, 6.45) is 2.26. The zero-order chi connectivity index (χ0) is 21.9. The Morgan fingerprint density at radius 3 is 2.40 bits per heavy atom. The highest BCUT2D eigenvalue weighted by Gasteiger charge is 2.12. The van der Waals surface area contributed by atoms with Crippen LogP contribution >= 0.6 is 0 Å². The van der Waals surface area contributed by atoms with Crippen molar-refractivity contribution >= 4 is 5.96 Å². The van der Waals surface area contributed by atoms with E-state index in [1.54, 1.807) is 0 Å². The minimum atomic E-state index is 0.154. The van der Waals surface area contributed by atoms with Crippen molar-refractivity contribution in [1.82, 2.24) is 30.3 Å². The molecule has 2 atom stereocenters. The summed E-state index contributed by atoms with van der Waals surface area (Å²) in [5.41, 5.74) is 1.23. The fourth-order valence-electron chi connectivity index (χ4n) is 3.37. The standard InChI is InChI=1S/C23H39N7/c1-7-30(8-2)16-12-13-18(3)25-23(24-17-22-28-27-20(5)29(22)6)26-19(4)21-14-10-9-11-15-21/h9-11,14-15,18-19H,7-8,12-13,16-17H2,1-6H3,(H2,24,25,26). The van der Waals surface area contributed by atoms with Crippen molar-refractivity contribution in [1.29, 1.82) is 0 Å². The molecule has 7 heteroatoms. The van der Waals surface area contributed by atoms with Gasteiger partial charge >= 0.3 is 0 Å². The van der Waals surface area contributed by atoms with Crippen LogP contribution in [0.3, 0.4) is 0 Å². The van der Waals surface area contributed by atoms with Crippen LogP contribution in [0.25, 0.3) is 0 Å². The number of nitrogens with one attached hydrogen (secondary N) is 2. The lowest BCUT2D eigenvalue weighted by atomic mass is 10.1. The normalized spacial score (nSPS) is 14.0. The predicted octanol–water partition coefficient (Wildman–Crippen LogP) is 3.43. The predicted molar refractivity (Wildman–Crippen MR) is 124 cm³/mol. The lowest BCUT2D eigenvalue weighted by Gasteiger charge is -2.23. The smallest absolute Gasteiger partial charge is 0.192 e. The van der Waals surface area contributed by atoms with Crippen LogP contribution in [0.15, 0.2) is 35.3 Å². The van der Waals surface area contributed by atoms with Crippen LogP contribution < -0.4 is 10.6 Å². The molecule has 0 amide bonds. The van der Waals surface area contributed by atoms with Gasteiger partial charge < -0.3 is 20.1 Å². The number of aryl methyl sites for hydroxylation is 1. The lowest BCUT2D eigenvalue weighted by Crippen LogP contribution is -2.43. The molecule has 0 aliphatic heterocycles. The van der Waals surface area contributed by atoms with E-state index < -0.39 is 0 Å². The number of guanidine groups is 1. The van der Waals surface area contributed by atoms with E-state index in [9.17, 15) is 0 Å². The summed E-state index contributed by atoms with van der Waals surface area (Å²) in [5, 5.41) is 15.5. The molecule has 7 nitrogen and oxygen atoms in total. The summed E-state index contributed by atoms with van der Waals surface area (Å²) in [5.74, 6) is 2.56. The Morgan fingerprint density at radius 2 is 1.80 bits per heavy atom. The van der Waals surface area contributed by atoms with E-state index in [0.717, 1.165) is 43.7 Å². The van der Waals surface area contributed by atoms with Gasteiger partial charge in [0.15, 0.2) is 11.8 Å². The van der Waals surface area contributed by atoms with Gasteiger partial charge in [-0.3, -0.25) is 0 Å². The van der Waals surface area contributed by atoms with Crippen LogP contribution in [-0.2, 0) is 13.6 Å². The van der Waals surface area contributed by atoms with E-state index in [2.05, 4.69) is 77.7 Å². The maximum Gasteiger partial charge on any atom is 0.192 e. The lowest BCUT2D eigenvalue weighted by molar-refractivity contribution is 0.292. The quantitative estimate of drug-likeness (QED) is 0.436. The molecule has 0 bridgehead atoms. The van der Waals surface area contributed by atoms with E-state index in [4.69, 9.17) is 4.99 Å². The van der Waals surface area contributed by atoms with Gasteiger partial charge in [-0.1, -0.05) is 44.2 Å². The number of aliphatic imine (C=N–C) groups is 1. The molecule has 0 fully saturated rings. The maximum absolute atomic E-state index is 4.81. The SMILES string of the molecule is CCN(CC)CCCC(C)NC(=NCc1nnc(C)n1C)NC(C)c1ccccc1. The van der Waals surface area contributed by atoms with Gasteiger partial charge in [0.2, 0.25) is 0 Å². The Balaban J connectivity index is 2.02. The molecule has 2 unspecified atom stereocenters. The van der Waals surface area contributed by atoms with Crippen LogP contribution in [0, 0.1) is 6.92 Å². The Labute approximate surface area is 182 Å². The minimum Gasteiger partial charge on any atom is -0.354 e. The van der Waals surface area contributed by atoms with Gasteiger partial charge in [-0.15, -0.1) is 10.2 Å². The molecule has 30 heavy (non-hydrogen) atoms. The van der Waals surface area contributed by atoms with E-state index in [-0.39, 0.29) is 6.04 Å². The van der Waals surface area contributed by atoms with Gasteiger partial charge in [-0.2, -0.15) is 0 Å². The van der Waals surface area contributed by atoms with Crippen LogP contribution in [0.4, 0.5) is 0 Å². The Morgan fingerprint density at radius 1 is 1.10 bits per heavy atom. The zero-order valence-electron chi connectivity index (χ0n) is 19.5. The highest BCUT2D eigenvalue weighted by molar-refractivity contribution is 5.80. The minimum absolute atomic E-state index is 0.154. The average molecular weight is 414 g/mol. The summed E-state index contributed by atoms with van der Waals surface area (Å²) in [4.78, 5) is 7.28. The number of aromatic nitrogens is 3. The molecule has 0 aliphatic carbocycles. The van der Waals surface area contributed by atoms with Gasteiger partial charge in [0, 0.05) is 13.1 Å². The topological polar surface area (TPSA) is 70.4 Å². The number of nitrogens with zero attached hydrogens (tertiary/aromatic N) is 5. The molecule has 2 aromatic rings. The van der Waals surface area contributed by atoms with Gasteiger partial charge in [0.1, 0.15) is 12.4 Å². The number of rotatable bonds is 11. The van der Waals surface area contributed by atoms with E-state index >= 15 is 0 Å². The van der Waals surface area contributed by atoms with Crippen LogP contribution in [0.5, 0.6) is 0 Å². The third kappa shape index (κ3) is 7.44. The van der Waals surface area contributed by atoms with Gasteiger partial charge in [0.25, 0.3) is 0 Å². The van der Waals surface area contributed by atoms with Crippen molar-refractivity contribution in [2.45, 2.75) is 66.1 Å². The van der Waals surface area contributed by atoms with Crippen LogP contribution in [0.1, 0.15) is 63.8 Å². The Bertz CT molecular complexity index is 765. The van der Waals surface area contributed by atoms with Crippen LogP contribution in [0.2, 0.25) is 0 Å². The molecule has 0 radical (unpaired) electrons. The molecular weight excluding hydrogens is 374 g/mol. The first-order chi connectivity index (χ1) is 14.4. The van der Waals surface area contributed by atoms with Crippen molar-refractivity contribution in [3.05, 3.63) is 47.5 Å². The zero-order valence-corrected chi connectivity index (χ0v) is 19.5. The van der Waals surface area contributed by atoms with Crippen molar-refractivity contribution in [3.8, 4) is 0 Å². The van der Waals surface area contributed by atoms with E-state index in [1.807, 2.05) is 24.6 Å². The molecule has 1 aromatic heterocycles. The number of hydrogen-bond donors (Lipinski definition) is 2. The van der Waals surface area contributed by atoms with E-state index in [0.29, 0.717) is 12.6 Å². The Kier molecular flexibility index (Phi) is 9.80. The molecule has 0 aliphatic rings. The summed E-state index contributed by atoms with van der Waals surface area (Å²) < 4.78 is 1.98. The average Bonchev–Trinajstić information content (AvgIpc) is 3.07. The maximum atomic E-state index is 4.81. The molecule has 1 aromatic carbocycles. The summed E-state index contributed by atoms with van der Waals surface area (Å²) in [6, 6.07) is 10.9. The summed E-state index contributed by atoms with van der Waals surface area (Å²) >= 11 is 0. The Hall–Kier alpha value is -2.41. The summed E-state index contributed by atoms with van der Waals surface area (Å²) in [6.45, 7) is 14.6. The molecule has 2 N–H and O–H groups in total. The van der Waals surface area contributed by atoms with Crippen molar-refractivity contribution in [2.24, 2.45) is 12.0 Å².